The normalized spacial score (nSPS) is 16.8. The minimum absolute atomic E-state index is 0.220. The molecule has 23 heavy (non-hydrogen) atoms. The van der Waals surface area contributed by atoms with Gasteiger partial charge in [0, 0.05) is 5.41 Å². The van der Waals surface area contributed by atoms with Crippen LogP contribution in [0.5, 0.6) is 0 Å². The van der Waals surface area contributed by atoms with Gasteiger partial charge in [0.1, 0.15) is 0 Å². The fraction of sp³-hybridized carbons (Fsp3) is 0.391. The van der Waals surface area contributed by atoms with Gasteiger partial charge in [0.15, 0.2) is 0 Å². The summed E-state index contributed by atoms with van der Waals surface area (Å²) in [5, 5.41) is 0. The molecule has 2 aliphatic rings. The van der Waals surface area contributed by atoms with Gasteiger partial charge in [-0.05, 0) is 59.1 Å². The van der Waals surface area contributed by atoms with Crippen LogP contribution in [-0.2, 0) is 18.3 Å². The topological polar surface area (TPSA) is 0 Å². The van der Waals surface area contributed by atoms with Gasteiger partial charge in [0.25, 0.3) is 0 Å². The molecule has 0 bridgehead atoms. The second kappa shape index (κ2) is 5.67. The van der Waals surface area contributed by atoms with Crippen molar-refractivity contribution in [3.63, 3.8) is 0 Å². The molecular weight excluding hydrogens is 276 g/mol. The highest BCUT2D eigenvalue weighted by atomic mass is 14.5. The average Bonchev–Trinajstić information content (AvgIpc) is 3.15. The molecule has 0 radical (unpaired) electrons. The summed E-state index contributed by atoms with van der Waals surface area (Å²) in [7, 11) is 0. The third-order valence-corrected chi connectivity index (χ3v) is 5.67. The Labute approximate surface area is 140 Å². The van der Waals surface area contributed by atoms with Crippen LogP contribution in [-0.4, -0.2) is 0 Å². The monoisotopic (exact) mass is 302 g/mol. The van der Waals surface area contributed by atoms with Crippen molar-refractivity contribution in [3.05, 3.63) is 70.8 Å². The van der Waals surface area contributed by atoms with Gasteiger partial charge in [-0.15, -0.1) is 0 Å². The van der Waals surface area contributed by atoms with E-state index < -0.39 is 0 Å². The van der Waals surface area contributed by atoms with Gasteiger partial charge in [0.05, 0.1) is 0 Å². The SMILES string of the molecule is CCCc1ccc2c(c1)C1(CC=CC1)c1cc(CCC)ccc1-2. The minimum Gasteiger partial charge on any atom is -0.0873 e. The number of benzene rings is 2. The molecule has 0 atom stereocenters. The molecule has 0 amide bonds. The summed E-state index contributed by atoms with van der Waals surface area (Å²) >= 11 is 0. The molecule has 2 aromatic rings. The Morgan fingerprint density at radius 1 is 0.739 bits per heavy atom. The van der Waals surface area contributed by atoms with Crippen LogP contribution >= 0.6 is 0 Å². The van der Waals surface area contributed by atoms with Crippen LogP contribution in [0.2, 0.25) is 0 Å². The van der Waals surface area contributed by atoms with Crippen molar-refractivity contribution in [2.75, 3.05) is 0 Å². The van der Waals surface area contributed by atoms with E-state index >= 15 is 0 Å². The zero-order valence-electron chi connectivity index (χ0n) is 14.4. The molecular formula is C23H26. The first-order valence-corrected chi connectivity index (χ1v) is 9.20. The fourth-order valence-corrected chi connectivity index (χ4v) is 4.57. The molecule has 0 N–H and O–H groups in total. The van der Waals surface area contributed by atoms with Crippen LogP contribution in [0.4, 0.5) is 0 Å². The highest BCUT2D eigenvalue weighted by molar-refractivity contribution is 5.82. The van der Waals surface area contributed by atoms with Crippen molar-refractivity contribution < 1.29 is 0 Å². The van der Waals surface area contributed by atoms with Gasteiger partial charge in [-0.2, -0.15) is 0 Å². The maximum atomic E-state index is 2.51. The predicted octanol–water partition coefficient (Wildman–Crippen LogP) is 6.21. The Bertz CT molecular complexity index is 698. The molecule has 2 aromatic carbocycles. The van der Waals surface area contributed by atoms with E-state index in [0.717, 1.165) is 12.8 Å². The molecule has 0 unspecified atom stereocenters. The van der Waals surface area contributed by atoms with Crippen LogP contribution in [0, 0.1) is 0 Å². The zero-order chi connectivity index (χ0) is 15.9. The molecule has 2 aliphatic carbocycles. The number of aryl methyl sites for hydroxylation is 2. The Morgan fingerprint density at radius 3 is 1.65 bits per heavy atom. The molecule has 0 saturated heterocycles. The second-order valence-electron chi connectivity index (χ2n) is 7.22. The van der Waals surface area contributed by atoms with E-state index in [1.807, 2.05) is 0 Å². The third kappa shape index (κ3) is 2.19. The molecule has 4 rings (SSSR count). The lowest BCUT2D eigenvalue weighted by atomic mass is 9.75. The lowest BCUT2D eigenvalue weighted by Crippen LogP contribution is -2.21. The summed E-state index contributed by atoms with van der Waals surface area (Å²) < 4.78 is 0. The summed E-state index contributed by atoms with van der Waals surface area (Å²) in [6, 6.07) is 14.5. The highest BCUT2D eigenvalue weighted by Gasteiger charge is 2.43. The average molecular weight is 302 g/mol. The summed E-state index contributed by atoms with van der Waals surface area (Å²) in [5.74, 6) is 0. The Morgan fingerprint density at radius 2 is 1.22 bits per heavy atom. The smallest absolute Gasteiger partial charge is 0.0284 e. The van der Waals surface area contributed by atoms with Crippen molar-refractivity contribution in [2.24, 2.45) is 0 Å². The van der Waals surface area contributed by atoms with Crippen molar-refractivity contribution >= 4 is 0 Å². The predicted molar refractivity (Wildman–Crippen MR) is 99.0 cm³/mol. The lowest BCUT2D eigenvalue weighted by molar-refractivity contribution is 0.571. The second-order valence-corrected chi connectivity index (χ2v) is 7.22. The van der Waals surface area contributed by atoms with E-state index in [2.05, 4.69) is 62.4 Å². The number of hydrogen-bond donors (Lipinski definition) is 0. The van der Waals surface area contributed by atoms with Gasteiger partial charge in [0.2, 0.25) is 0 Å². The Hall–Kier alpha value is -1.82. The van der Waals surface area contributed by atoms with Crippen molar-refractivity contribution in [2.45, 2.75) is 57.8 Å². The van der Waals surface area contributed by atoms with Crippen molar-refractivity contribution in [3.8, 4) is 11.1 Å². The van der Waals surface area contributed by atoms with Gasteiger partial charge < -0.3 is 0 Å². The number of allylic oxidation sites excluding steroid dienone is 2. The van der Waals surface area contributed by atoms with E-state index in [0.29, 0.717) is 0 Å². The zero-order valence-corrected chi connectivity index (χ0v) is 14.4. The molecule has 0 heterocycles. The summed E-state index contributed by atoms with van der Waals surface area (Å²) in [5.41, 5.74) is 9.34. The summed E-state index contributed by atoms with van der Waals surface area (Å²) in [4.78, 5) is 0. The van der Waals surface area contributed by atoms with Gasteiger partial charge >= 0.3 is 0 Å². The van der Waals surface area contributed by atoms with Crippen LogP contribution in [0.1, 0.15) is 61.8 Å². The number of rotatable bonds is 4. The molecule has 118 valence electrons. The minimum atomic E-state index is 0.220. The van der Waals surface area contributed by atoms with Gasteiger partial charge in [-0.3, -0.25) is 0 Å². The van der Waals surface area contributed by atoms with Crippen molar-refractivity contribution in [1.29, 1.82) is 0 Å². The first kappa shape index (κ1) is 14.8. The van der Waals surface area contributed by atoms with Crippen LogP contribution in [0.25, 0.3) is 11.1 Å². The largest absolute Gasteiger partial charge is 0.0873 e. The van der Waals surface area contributed by atoms with Crippen molar-refractivity contribution in [1.82, 2.24) is 0 Å². The highest BCUT2D eigenvalue weighted by Crippen LogP contribution is 2.55. The fourth-order valence-electron chi connectivity index (χ4n) is 4.57. The van der Waals surface area contributed by atoms with E-state index in [4.69, 9.17) is 0 Å². The Kier molecular flexibility index (Phi) is 3.64. The van der Waals surface area contributed by atoms with Crippen LogP contribution in [0.3, 0.4) is 0 Å². The number of hydrogen-bond acceptors (Lipinski definition) is 0. The molecule has 0 nitrogen and oxygen atoms in total. The van der Waals surface area contributed by atoms with Crippen LogP contribution < -0.4 is 0 Å². The van der Waals surface area contributed by atoms with E-state index in [1.54, 1.807) is 11.1 Å². The van der Waals surface area contributed by atoms with E-state index in [-0.39, 0.29) is 5.41 Å². The maximum absolute atomic E-state index is 2.51. The molecule has 1 spiro atoms. The van der Waals surface area contributed by atoms with E-state index in [1.165, 1.54) is 47.9 Å². The molecule has 0 saturated carbocycles. The van der Waals surface area contributed by atoms with Crippen LogP contribution in [0.15, 0.2) is 48.6 Å². The first-order chi connectivity index (χ1) is 11.3. The molecule has 0 aromatic heterocycles. The molecule has 0 fully saturated rings. The van der Waals surface area contributed by atoms with Gasteiger partial charge in [-0.25, -0.2) is 0 Å². The maximum Gasteiger partial charge on any atom is 0.0284 e. The van der Waals surface area contributed by atoms with Gasteiger partial charge in [-0.1, -0.05) is 75.2 Å². The lowest BCUT2D eigenvalue weighted by Gasteiger charge is -2.27. The number of fused-ring (bicyclic) bond motifs is 5. The molecule has 0 aliphatic heterocycles. The molecule has 0 heteroatoms. The quantitative estimate of drug-likeness (QED) is 0.589. The summed E-state index contributed by atoms with van der Waals surface area (Å²) in [6.45, 7) is 4.54. The Balaban J connectivity index is 1.89. The first-order valence-electron chi connectivity index (χ1n) is 9.20. The standard InChI is InChI=1S/C23H26/c1-3-7-17-9-11-19-20-12-10-18(8-4-2)16-22(20)23(21(19)15-17)13-5-6-14-23/h5-6,9-12,15-16H,3-4,7-8,13-14H2,1-2H3. The van der Waals surface area contributed by atoms with E-state index in [9.17, 15) is 0 Å². The summed E-state index contributed by atoms with van der Waals surface area (Å²) in [6.07, 6.45) is 11.9. The third-order valence-electron chi connectivity index (χ3n) is 5.67.